The van der Waals surface area contributed by atoms with E-state index in [0.717, 1.165) is 34.5 Å². The molecule has 1 aliphatic rings. The fourth-order valence-electron chi connectivity index (χ4n) is 3.33. The van der Waals surface area contributed by atoms with Crippen molar-refractivity contribution in [3.8, 4) is 11.5 Å². The first-order chi connectivity index (χ1) is 14.0. The quantitative estimate of drug-likeness (QED) is 0.560. The number of halogens is 1. The highest BCUT2D eigenvalue weighted by molar-refractivity contribution is 7.22. The van der Waals surface area contributed by atoms with E-state index < -0.39 is 0 Å². The summed E-state index contributed by atoms with van der Waals surface area (Å²) in [6.45, 7) is 4.59. The minimum atomic E-state index is -0.0243. The van der Waals surface area contributed by atoms with Crippen LogP contribution in [0, 0.1) is 6.92 Å². The van der Waals surface area contributed by atoms with Crippen LogP contribution in [-0.4, -0.2) is 56.2 Å². The Kier molecular flexibility index (Phi) is 7.18. The average Bonchev–Trinajstić information content (AvgIpc) is 3.11. The van der Waals surface area contributed by atoms with Gasteiger partial charge in [0, 0.05) is 24.2 Å². The molecule has 1 aromatic heterocycles. The third kappa shape index (κ3) is 4.86. The van der Waals surface area contributed by atoms with Gasteiger partial charge in [-0.1, -0.05) is 29.0 Å². The lowest BCUT2D eigenvalue weighted by Crippen LogP contribution is -2.33. The smallest absolute Gasteiger partial charge is 0.260 e. The summed E-state index contributed by atoms with van der Waals surface area (Å²) >= 11 is 1.51. The Bertz CT molecular complexity index is 995. The van der Waals surface area contributed by atoms with Gasteiger partial charge < -0.3 is 14.4 Å². The molecule has 0 unspecified atom stereocenters. The van der Waals surface area contributed by atoms with E-state index >= 15 is 0 Å². The normalized spacial score (nSPS) is 12.7. The largest absolute Gasteiger partial charge is 0.486 e. The third-order valence-electron chi connectivity index (χ3n) is 4.77. The molecule has 0 aliphatic carbocycles. The maximum Gasteiger partial charge on any atom is 0.260 e. The molecule has 0 atom stereocenters. The van der Waals surface area contributed by atoms with Gasteiger partial charge in [0.15, 0.2) is 16.6 Å². The SMILES string of the molecule is Cc1cccc(C(=O)N(CCCN(C)C)c2nc3cc4c(cc3s2)OCCO4)c1.Cl. The Balaban J connectivity index is 0.00000256. The molecule has 6 nitrogen and oxygen atoms in total. The summed E-state index contributed by atoms with van der Waals surface area (Å²) in [6.07, 6.45) is 0.864. The predicted octanol–water partition coefficient (Wildman–Crippen LogP) is 4.40. The van der Waals surface area contributed by atoms with Crippen LogP contribution in [0.3, 0.4) is 0 Å². The third-order valence-corrected chi connectivity index (χ3v) is 5.81. The molecule has 0 saturated carbocycles. The van der Waals surface area contributed by atoms with E-state index in [9.17, 15) is 4.79 Å². The van der Waals surface area contributed by atoms with Crippen LogP contribution >= 0.6 is 23.7 Å². The molecule has 2 heterocycles. The van der Waals surface area contributed by atoms with Crippen molar-refractivity contribution in [2.45, 2.75) is 13.3 Å². The number of aryl methyl sites for hydroxylation is 1. The molecule has 2 aromatic carbocycles. The molecule has 0 N–H and O–H groups in total. The summed E-state index contributed by atoms with van der Waals surface area (Å²) in [6, 6.07) is 11.6. The number of carbonyl (C=O) groups excluding carboxylic acids is 1. The molecule has 1 aliphatic heterocycles. The monoisotopic (exact) mass is 447 g/mol. The number of fused-ring (bicyclic) bond motifs is 2. The summed E-state index contributed by atoms with van der Waals surface area (Å²) in [5, 5.41) is 0.701. The van der Waals surface area contributed by atoms with Crippen LogP contribution in [0.5, 0.6) is 11.5 Å². The number of hydrogen-bond acceptors (Lipinski definition) is 6. The molecule has 0 spiro atoms. The van der Waals surface area contributed by atoms with E-state index in [1.807, 2.05) is 57.4 Å². The Hall–Kier alpha value is -2.35. The van der Waals surface area contributed by atoms with E-state index in [-0.39, 0.29) is 18.3 Å². The van der Waals surface area contributed by atoms with Gasteiger partial charge in [-0.15, -0.1) is 12.4 Å². The number of nitrogens with zero attached hydrogens (tertiary/aromatic N) is 3. The van der Waals surface area contributed by atoms with Crippen LogP contribution in [-0.2, 0) is 0 Å². The second-order valence-electron chi connectivity index (χ2n) is 7.44. The lowest BCUT2D eigenvalue weighted by Gasteiger charge is -2.21. The van der Waals surface area contributed by atoms with Crippen LogP contribution in [0.1, 0.15) is 22.3 Å². The van der Waals surface area contributed by atoms with Crippen molar-refractivity contribution < 1.29 is 14.3 Å². The van der Waals surface area contributed by atoms with Gasteiger partial charge in [-0.3, -0.25) is 9.69 Å². The van der Waals surface area contributed by atoms with E-state index in [0.29, 0.717) is 36.2 Å². The predicted molar refractivity (Wildman–Crippen MR) is 124 cm³/mol. The summed E-state index contributed by atoms with van der Waals surface area (Å²) in [7, 11) is 4.07. The van der Waals surface area contributed by atoms with Gasteiger partial charge in [0.1, 0.15) is 13.2 Å². The number of thiazole rings is 1. The highest BCUT2D eigenvalue weighted by Gasteiger charge is 2.23. The van der Waals surface area contributed by atoms with Gasteiger partial charge in [-0.2, -0.15) is 0 Å². The van der Waals surface area contributed by atoms with Crippen LogP contribution in [0.15, 0.2) is 36.4 Å². The second-order valence-corrected chi connectivity index (χ2v) is 8.45. The molecule has 0 bridgehead atoms. The molecular weight excluding hydrogens is 422 g/mol. The average molecular weight is 448 g/mol. The van der Waals surface area contributed by atoms with Crippen LogP contribution < -0.4 is 14.4 Å². The van der Waals surface area contributed by atoms with Gasteiger partial charge in [0.05, 0.1) is 10.2 Å². The Morgan fingerprint density at radius 1 is 1.10 bits per heavy atom. The Labute approximate surface area is 186 Å². The van der Waals surface area contributed by atoms with Gasteiger partial charge >= 0.3 is 0 Å². The number of carbonyl (C=O) groups is 1. The number of ether oxygens (including phenoxy) is 2. The van der Waals surface area contributed by atoms with Crippen molar-refractivity contribution in [3.05, 3.63) is 47.5 Å². The maximum atomic E-state index is 13.3. The van der Waals surface area contributed by atoms with Gasteiger partial charge in [0.25, 0.3) is 5.91 Å². The highest BCUT2D eigenvalue weighted by atomic mass is 35.5. The summed E-state index contributed by atoms with van der Waals surface area (Å²) in [5.41, 5.74) is 2.57. The first-order valence-corrected chi connectivity index (χ1v) is 10.6. The topological polar surface area (TPSA) is 54.9 Å². The minimum Gasteiger partial charge on any atom is -0.486 e. The van der Waals surface area contributed by atoms with E-state index in [1.165, 1.54) is 11.3 Å². The Morgan fingerprint density at radius 2 is 1.83 bits per heavy atom. The van der Waals surface area contributed by atoms with Crippen molar-refractivity contribution in [2.75, 3.05) is 45.3 Å². The maximum absolute atomic E-state index is 13.3. The zero-order valence-corrected chi connectivity index (χ0v) is 19.0. The highest BCUT2D eigenvalue weighted by Crippen LogP contribution is 2.39. The van der Waals surface area contributed by atoms with Crippen LogP contribution in [0.2, 0.25) is 0 Å². The van der Waals surface area contributed by atoms with Crippen molar-refractivity contribution in [3.63, 3.8) is 0 Å². The van der Waals surface area contributed by atoms with Crippen molar-refractivity contribution in [2.24, 2.45) is 0 Å². The van der Waals surface area contributed by atoms with Gasteiger partial charge in [-0.25, -0.2) is 4.98 Å². The molecule has 4 rings (SSSR count). The van der Waals surface area contributed by atoms with Crippen molar-refractivity contribution in [1.82, 2.24) is 9.88 Å². The number of aromatic nitrogens is 1. The van der Waals surface area contributed by atoms with Gasteiger partial charge in [-0.05, 0) is 46.1 Å². The lowest BCUT2D eigenvalue weighted by atomic mass is 10.1. The molecule has 160 valence electrons. The molecular formula is C22H26ClN3O3S. The molecule has 0 radical (unpaired) electrons. The van der Waals surface area contributed by atoms with E-state index in [4.69, 9.17) is 14.5 Å². The standard InChI is InChI=1S/C22H25N3O3S.ClH/c1-15-6-4-7-16(12-15)21(26)25(9-5-8-24(2)3)22-23-17-13-18-19(14-20(17)29-22)28-11-10-27-18;/h4,6-7,12-14H,5,8-11H2,1-3H3;1H. The number of anilines is 1. The molecule has 1 amide bonds. The van der Waals surface area contributed by atoms with Crippen molar-refractivity contribution >= 4 is 45.0 Å². The minimum absolute atomic E-state index is 0. The van der Waals surface area contributed by atoms with Crippen LogP contribution in [0.4, 0.5) is 5.13 Å². The summed E-state index contributed by atoms with van der Waals surface area (Å²) in [4.78, 5) is 22.0. The van der Waals surface area contributed by atoms with E-state index in [2.05, 4.69) is 4.90 Å². The molecule has 8 heteroatoms. The Morgan fingerprint density at radius 3 is 2.53 bits per heavy atom. The first-order valence-electron chi connectivity index (χ1n) is 9.75. The van der Waals surface area contributed by atoms with Crippen LogP contribution in [0.25, 0.3) is 10.2 Å². The van der Waals surface area contributed by atoms with Crippen molar-refractivity contribution in [1.29, 1.82) is 0 Å². The van der Waals surface area contributed by atoms with E-state index in [1.54, 1.807) is 4.90 Å². The number of benzene rings is 2. The molecule has 3 aromatic rings. The first kappa shape index (κ1) is 22.3. The number of amides is 1. The zero-order chi connectivity index (χ0) is 20.4. The zero-order valence-electron chi connectivity index (χ0n) is 17.4. The molecule has 0 saturated heterocycles. The lowest BCUT2D eigenvalue weighted by molar-refractivity contribution is 0.0986. The number of rotatable bonds is 6. The molecule has 0 fully saturated rings. The fraction of sp³-hybridized carbons (Fsp3) is 0.364. The van der Waals surface area contributed by atoms with Gasteiger partial charge in [0.2, 0.25) is 0 Å². The summed E-state index contributed by atoms with van der Waals surface area (Å²) in [5.74, 6) is 1.43. The fourth-order valence-corrected chi connectivity index (χ4v) is 4.33. The second kappa shape index (κ2) is 9.64. The number of hydrogen-bond donors (Lipinski definition) is 0. The summed E-state index contributed by atoms with van der Waals surface area (Å²) < 4.78 is 12.4. The molecule has 30 heavy (non-hydrogen) atoms.